The Morgan fingerprint density at radius 3 is 2.95 bits per heavy atom. The van der Waals surface area contributed by atoms with E-state index < -0.39 is 0 Å². The molecule has 0 radical (unpaired) electrons. The van der Waals surface area contributed by atoms with Crippen molar-refractivity contribution in [2.75, 3.05) is 18.5 Å². The van der Waals surface area contributed by atoms with E-state index in [0.717, 1.165) is 42.2 Å². The van der Waals surface area contributed by atoms with Gasteiger partial charge in [0.2, 0.25) is 0 Å². The summed E-state index contributed by atoms with van der Waals surface area (Å²) < 4.78 is 5.41. The molecule has 3 N–H and O–H groups in total. The van der Waals surface area contributed by atoms with Gasteiger partial charge in [0.05, 0.1) is 5.69 Å². The minimum Gasteiger partial charge on any atom is -0.482 e. The number of hydrogen-bond acceptors (Lipinski definition) is 3. The summed E-state index contributed by atoms with van der Waals surface area (Å²) in [7, 11) is 0. The Labute approximate surface area is 134 Å². The molecular formula is C16H18ClN3O2. The van der Waals surface area contributed by atoms with Crippen molar-refractivity contribution in [3.63, 3.8) is 0 Å². The van der Waals surface area contributed by atoms with Crippen molar-refractivity contribution in [2.24, 2.45) is 0 Å². The van der Waals surface area contributed by atoms with Crippen molar-refractivity contribution in [1.29, 1.82) is 0 Å². The number of ether oxygens (including phenoxy) is 1. The number of carbonyl (C=O) groups is 1. The number of anilines is 1. The van der Waals surface area contributed by atoms with Gasteiger partial charge in [-0.15, -0.1) is 12.4 Å². The predicted molar refractivity (Wildman–Crippen MR) is 87.7 cm³/mol. The minimum atomic E-state index is -0.105. The smallest absolute Gasteiger partial charge is 0.262 e. The number of benzene rings is 1. The van der Waals surface area contributed by atoms with Crippen LogP contribution in [0.4, 0.5) is 5.69 Å². The first-order valence-electron chi connectivity index (χ1n) is 7.20. The second-order valence-corrected chi connectivity index (χ2v) is 5.56. The molecule has 2 aromatic rings. The molecule has 1 aromatic carbocycles. The fourth-order valence-electron chi connectivity index (χ4n) is 3.10. The standard InChI is InChI=1S/C16H17N3O2.ClH/c1-9-11-7-17-5-4-12(11)19-16(9)10-2-3-14-13(6-10)18-15(20)8-21-14;/h2-3,6,17,19H,4-5,7-8H2,1H3,(H,18,20);1H. The van der Waals surface area contributed by atoms with Crippen LogP contribution < -0.4 is 15.4 Å². The maximum Gasteiger partial charge on any atom is 0.262 e. The van der Waals surface area contributed by atoms with Gasteiger partial charge in [0.1, 0.15) is 5.75 Å². The largest absolute Gasteiger partial charge is 0.482 e. The van der Waals surface area contributed by atoms with Crippen LogP contribution in [0.5, 0.6) is 5.75 Å². The first kappa shape index (κ1) is 14.9. The Bertz CT molecular complexity index is 739. The van der Waals surface area contributed by atoms with Crippen LogP contribution in [0.15, 0.2) is 18.2 Å². The van der Waals surface area contributed by atoms with Gasteiger partial charge in [0.25, 0.3) is 5.91 Å². The second kappa shape index (κ2) is 5.66. The first-order chi connectivity index (χ1) is 10.2. The third-order valence-electron chi connectivity index (χ3n) is 4.22. The van der Waals surface area contributed by atoms with Crippen LogP contribution in [0.2, 0.25) is 0 Å². The number of amides is 1. The Morgan fingerprint density at radius 1 is 1.27 bits per heavy atom. The maximum atomic E-state index is 11.4. The highest BCUT2D eigenvalue weighted by atomic mass is 35.5. The summed E-state index contributed by atoms with van der Waals surface area (Å²) in [5.74, 6) is 0.625. The van der Waals surface area contributed by atoms with Gasteiger partial charge < -0.3 is 20.4 Å². The van der Waals surface area contributed by atoms with Crippen molar-refractivity contribution in [2.45, 2.75) is 19.9 Å². The number of H-pyrrole nitrogens is 1. The average Bonchev–Trinajstić information content (AvgIpc) is 2.84. The molecule has 6 heteroatoms. The highest BCUT2D eigenvalue weighted by molar-refractivity contribution is 5.96. The zero-order chi connectivity index (χ0) is 14.4. The van der Waals surface area contributed by atoms with E-state index in [9.17, 15) is 4.79 Å². The van der Waals surface area contributed by atoms with Gasteiger partial charge in [-0.2, -0.15) is 0 Å². The normalized spacial score (nSPS) is 16.0. The summed E-state index contributed by atoms with van der Waals surface area (Å²) in [5.41, 5.74) is 6.92. The summed E-state index contributed by atoms with van der Waals surface area (Å²) in [5, 5.41) is 6.27. The van der Waals surface area contributed by atoms with E-state index in [2.05, 4.69) is 22.5 Å². The molecular weight excluding hydrogens is 302 g/mol. The number of carbonyl (C=O) groups excluding carboxylic acids is 1. The van der Waals surface area contributed by atoms with Crippen LogP contribution in [-0.4, -0.2) is 24.0 Å². The van der Waals surface area contributed by atoms with Gasteiger partial charge >= 0.3 is 0 Å². The molecule has 22 heavy (non-hydrogen) atoms. The Hall–Kier alpha value is -1.98. The number of aromatic amines is 1. The lowest BCUT2D eigenvalue weighted by atomic mass is 10.0. The van der Waals surface area contributed by atoms with Crippen molar-refractivity contribution in [1.82, 2.24) is 10.3 Å². The zero-order valence-electron chi connectivity index (χ0n) is 12.3. The molecule has 0 aliphatic carbocycles. The molecule has 0 unspecified atom stereocenters. The van der Waals surface area contributed by atoms with Crippen LogP contribution in [0, 0.1) is 6.92 Å². The van der Waals surface area contributed by atoms with Crippen LogP contribution in [-0.2, 0) is 17.8 Å². The van der Waals surface area contributed by atoms with Gasteiger partial charge in [-0.3, -0.25) is 4.79 Å². The number of halogens is 1. The van der Waals surface area contributed by atoms with Gasteiger partial charge in [0.15, 0.2) is 6.61 Å². The molecule has 4 rings (SSSR count). The number of aromatic nitrogens is 1. The van der Waals surface area contributed by atoms with Crippen LogP contribution >= 0.6 is 12.4 Å². The average molecular weight is 320 g/mol. The summed E-state index contributed by atoms with van der Waals surface area (Å²) in [4.78, 5) is 15.0. The Balaban J connectivity index is 0.00000144. The van der Waals surface area contributed by atoms with E-state index in [-0.39, 0.29) is 24.9 Å². The fraction of sp³-hybridized carbons (Fsp3) is 0.312. The van der Waals surface area contributed by atoms with E-state index >= 15 is 0 Å². The van der Waals surface area contributed by atoms with Crippen LogP contribution in [0.3, 0.4) is 0 Å². The van der Waals surface area contributed by atoms with E-state index in [1.807, 2.05) is 18.2 Å². The van der Waals surface area contributed by atoms with Crippen molar-refractivity contribution in [3.05, 3.63) is 35.0 Å². The van der Waals surface area contributed by atoms with Crippen molar-refractivity contribution < 1.29 is 9.53 Å². The fourth-order valence-corrected chi connectivity index (χ4v) is 3.10. The monoisotopic (exact) mass is 319 g/mol. The molecule has 0 bridgehead atoms. The Morgan fingerprint density at radius 2 is 2.14 bits per heavy atom. The SMILES string of the molecule is Cc1c(-c2ccc3c(c2)NC(=O)CO3)[nH]c2c1CNCC2.Cl. The molecule has 0 fully saturated rings. The minimum absolute atomic E-state index is 0. The van der Waals surface area contributed by atoms with Crippen LogP contribution in [0.25, 0.3) is 11.3 Å². The first-order valence-corrected chi connectivity index (χ1v) is 7.20. The number of rotatable bonds is 1. The molecule has 2 aliphatic rings. The molecule has 0 spiro atoms. The molecule has 2 aliphatic heterocycles. The van der Waals surface area contributed by atoms with E-state index in [0.29, 0.717) is 0 Å². The number of fused-ring (bicyclic) bond motifs is 2. The van der Waals surface area contributed by atoms with Gasteiger partial charge in [-0.05, 0) is 36.2 Å². The molecule has 0 atom stereocenters. The molecule has 3 heterocycles. The van der Waals surface area contributed by atoms with Gasteiger partial charge in [-0.25, -0.2) is 0 Å². The van der Waals surface area contributed by atoms with E-state index in [1.54, 1.807) is 0 Å². The third kappa shape index (κ3) is 2.36. The highest BCUT2D eigenvalue weighted by Gasteiger charge is 2.20. The molecule has 0 saturated heterocycles. The molecule has 1 amide bonds. The number of nitrogens with one attached hydrogen (secondary N) is 3. The van der Waals surface area contributed by atoms with E-state index in [1.165, 1.54) is 16.8 Å². The lowest BCUT2D eigenvalue weighted by Crippen LogP contribution is -2.25. The highest BCUT2D eigenvalue weighted by Crippen LogP contribution is 2.35. The van der Waals surface area contributed by atoms with E-state index in [4.69, 9.17) is 4.74 Å². The summed E-state index contributed by atoms with van der Waals surface area (Å²) in [6, 6.07) is 5.93. The maximum absolute atomic E-state index is 11.4. The van der Waals surface area contributed by atoms with Gasteiger partial charge in [-0.1, -0.05) is 0 Å². The molecule has 1 aromatic heterocycles. The Kier molecular flexibility index (Phi) is 3.85. The van der Waals surface area contributed by atoms with Crippen LogP contribution in [0.1, 0.15) is 16.8 Å². The van der Waals surface area contributed by atoms with Crippen molar-refractivity contribution >= 4 is 24.0 Å². The zero-order valence-corrected chi connectivity index (χ0v) is 13.1. The lowest BCUT2D eigenvalue weighted by Gasteiger charge is -2.18. The predicted octanol–water partition coefficient (Wildman–Crippen LogP) is 2.39. The molecule has 5 nitrogen and oxygen atoms in total. The topological polar surface area (TPSA) is 66.1 Å². The second-order valence-electron chi connectivity index (χ2n) is 5.56. The quantitative estimate of drug-likeness (QED) is 0.756. The molecule has 116 valence electrons. The molecule has 0 saturated carbocycles. The summed E-state index contributed by atoms with van der Waals surface area (Å²) >= 11 is 0. The van der Waals surface area contributed by atoms with Crippen molar-refractivity contribution in [3.8, 4) is 17.0 Å². The number of hydrogen-bond donors (Lipinski definition) is 3. The third-order valence-corrected chi connectivity index (χ3v) is 4.22. The summed E-state index contributed by atoms with van der Waals surface area (Å²) in [6.45, 7) is 4.17. The summed E-state index contributed by atoms with van der Waals surface area (Å²) in [6.07, 6.45) is 1.03. The van der Waals surface area contributed by atoms with Gasteiger partial charge in [0, 0.05) is 36.5 Å². The lowest BCUT2D eigenvalue weighted by molar-refractivity contribution is -0.118.